The lowest BCUT2D eigenvalue weighted by atomic mass is 10.2. The third-order valence-electron chi connectivity index (χ3n) is 2.69. The van der Waals surface area contributed by atoms with Gasteiger partial charge >= 0.3 is 0 Å². The van der Waals surface area contributed by atoms with Gasteiger partial charge in [-0.1, -0.05) is 0 Å². The van der Waals surface area contributed by atoms with E-state index in [4.69, 9.17) is 9.47 Å². The number of carbonyl (C=O) groups is 1. The van der Waals surface area contributed by atoms with Gasteiger partial charge in [0.25, 0.3) is 0 Å². The van der Waals surface area contributed by atoms with Crippen molar-refractivity contribution in [2.75, 3.05) is 40.0 Å². The van der Waals surface area contributed by atoms with E-state index in [-0.39, 0.29) is 12.4 Å². The number of ether oxygens (including phenoxy) is 2. The van der Waals surface area contributed by atoms with Crippen LogP contribution in [0.5, 0.6) is 0 Å². The van der Waals surface area contributed by atoms with Crippen LogP contribution in [0.1, 0.15) is 19.8 Å². The average molecular weight is 215 g/mol. The van der Waals surface area contributed by atoms with E-state index >= 15 is 0 Å². The molecule has 0 unspecified atom stereocenters. The molecule has 1 atom stereocenters. The van der Waals surface area contributed by atoms with Crippen LogP contribution in [-0.2, 0) is 14.3 Å². The zero-order chi connectivity index (χ0) is 11.1. The molecule has 0 bridgehead atoms. The summed E-state index contributed by atoms with van der Waals surface area (Å²) in [4.78, 5) is 13.0. The summed E-state index contributed by atoms with van der Waals surface area (Å²) in [5.74, 6) is 0.0878. The molecule has 4 heteroatoms. The highest BCUT2D eigenvalue weighted by Gasteiger charge is 2.23. The van der Waals surface area contributed by atoms with Crippen molar-refractivity contribution in [2.24, 2.45) is 0 Å². The number of likely N-dealkylation sites (tertiary alicyclic amines) is 1. The molecule has 0 N–H and O–H groups in total. The molecule has 15 heavy (non-hydrogen) atoms. The van der Waals surface area contributed by atoms with E-state index in [2.05, 4.69) is 4.90 Å². The first-order valence-corrected chi connectivity index (χ1v) is 5.54. The number of Topliss-reactive ketones (excluding diaryl/α,β-unsaturated/α-hetero) is 1. The maximum atomic E-state index is 10.6. The summed E-state index contributed by atoms with van der Waals surface area (Å²) in [6, 6.07) is 0.538. The zero-order valence-electron chi connectivity index (χ0n) is 9.70. The minimum absolute atomic E-state index is 0.0878. The molecule has 1 heterocycles. The van der Waals surface area contributed by atoms with Crippen molar-refractivity contribution in [3.05, 3.63) is 0 Å². The second-order valence-corrected chi connectivity index (χ2v) is 4.04. The molecule has 1 aliphatic heterocycles. The summed E-state index contributed by atoms with van der Waals surface area (Å²) in [5, 5.41) is 0. The Hall–Kier alpha value is -0.450. The van der Waals surface area contributed by atoms with Crippen molar-refractivity contribution >= 4 is 5.78 Å². The van der Waals surface area contributed by atoms with Gasteiger partial charge in [0.1, 0.15) is 6.61 Å². The molecular formula is C11H21NO3. The lowest BCUT2D eigenvalue weighted by Gasteiger charge is -2.23. The normalized spacial score (nSPS) is 22.1. The first-order valence-electron chi connectivity index (χ1n) is 5.54. The van der Waals surface area contributed by atoms with Crippen LogP contribution in [0.2, 0.25) is 0 Å². The molecule has 1 aliphatic rings. The van der Waals surface area contributed by atoms with Crippen molar-refractivity contribution in [1.82, 2.24) is 4.90 Å². The number of nitrogens with zero attached hydrogens (tertiary/aromatic N) is 1. The Balaban J connectivity index is 2.11. The van der Waals surface area contributed by atoms with E-state index in [1.807, 2.05) is 0 Å². The second kappa shape index (κ2) is 6.93. The molecule has 0 aromatic carbocycles. The number of rotatable bonds is 7. The fraction of sp³-hybridized carbons (Fsp3) is 0.909. The lowest BCUT2D eigenvalue weighted by molar-refractivity contribution is -0.121. The van der Waals surface area contributed by atoms with Crippen LogP contribution in [0.3, 0.4) is 0 Å². The van der Waals surface area contributed by atoms with Crippen molar-refractivity contribution in [3.63, 3.8) is 0 Å². The lowest BCUT2D eigenvalue weighted by Crippen LogP contribution is -2.35. The van der Waals surface area contributed by atoms with Gasteiger partial charge in [-0.3, -0.25) is 9.69 Å². The Morgan fingerprint density at radius 2 is 2.33 bits per heavy atom. The maximum absolute atomic E-state index is 10.6. The smallest absolute Gasteiger partial charge is 0.155 e. The highest BCUT2D eigenvalue weighted by atomic mass is 16.5. The number of carbonyl (C=O) groups excluding carboxylic acids is 1. The largest absolute Gasteiger partial charge is 0.383 e. The van der Waals surface area contributed by atoms with Crippen molar-refractivity contribution < 1.29 is 14.3 Å². The molecule has 0 aliphatic carbocycles. The first-order chi connectivity index (χ1) is 7.24. The molecule has 0 saturated carbocycles. The molecule has 1 saturated heterocycles. The van der Waals surface area contributed by atoms with Crippen LogP contribution in [-0.4, -0.2) is 56.7 Å². The summed E-state index contributed by atoms with van der Waals surface area (Å²) in [6.45, 7) is 5.25. The third-order valence-corrected chi connectivity index (χ3v) is 2.69. The average Bonchev–Trinajstić information content (AvgIpc) is 2.61. The minimum atomic E-state index is 0.0878. The van der Waals surface area contributed by atoms with Gasteiger partial charge < -0.3 is 9.47 Å². The van der Waals surface area contributed by atoms with Gasteiger partial charge in [-0.2, -0.15) is 0 Å². The number of methoxy groups -OCH3 is 1. The summed E-state index contributed by atoms with van der Waals surface area (Å²) in [7, 11) is 1.74. The van der Waals surface area contributed by atoms with Gasteiger partial charge in [-0.15, -0.1) is 0 Å². The molecule has 1 rings (SSSR count). The van der Waals surface area contributed by atoms with Crippen LogP contribution in [0.15, 0.2) is 0 Å². The predicted molar refractivity (Wildman–Crippen MR) is 58.0 cm³/mol. The highest BCUT2D eigenvalue weighted by molar-refractivity contribution is 5.76. The monoisotopic (exact) mass is 215 g/mol. The quantitative estimate of drug-likeness (QED) is 0.586. The molecule has 4 nitrogen and oxygen atoms in total. The fourth-order valence-electron chi connectivity index (χ4n) is 1.97. The predicted octanol–water partition coefficient (Wildman–Crippen LogP) is 0.703. The molecule has 88 valence electrons. The van der Waals surface area contributed by atoms with Gasteiger partial charge in [-0.25, -0.2) is 0 Å². The minimum Gasteiger partial charge on any atom is -0.383 e. The van der Waals surface area contributed by atoms with Gasteiger partial charge in [0, 0.05) is 19.7 Å². The van der Waals surface area contributed by atoms with Crippen LogP contribution in [0.4, 0.5) is 0 Å². The highest BCUT2D eigenvalue weighted by Crippen LogP contribution is 2.16. The van der Waals surface area contributed by atoms with Gasteiger partial charge in [0.15, 0.2) is 5.78 Å². The number of ketones is 1. The fourth-order valence-corrected chi connectivity index (χ4v) is 1.97. The van der Waals surface area contributed by atoms with Gasteiger partial charge in [0.2, 0.25) is 0 Å². The molecule has 0 spiro atoms. The van der Waals surface area contributed by atoms with Gasteiger partial charge in [0.05, 0.1) is 13.2 Å². The third kappa shape index (κ3) is 4.73. The van der Waals surface area contributed by atoms with E-state index in [9.17, 15) is 4.79 Å². The maximum Gasteiger partial charge on any atom is 0.155 e. The SMILES string of the molecule is COC[C@@H]1CCCN1CCOCC(C)=O. The summed E-state index contributed by atoms with van der Waals surface area (Å²) >= 11 is 0. The second-order valence-electron chi connectivity index (χ2n) is 4.04. The Bertz CT molecular complexity index is 196. The number of hydrogen-bond donors (Lipinski definition) is 0. The van der Waals surface area contributed by atoms with E-state index in [0.717, 1.165) is 19.7 Å². The van der Waals surface area contributed by atoms with Crippen LogP contribution in [0.25, 0.3) is 0 Å². The first kappa shape index (κ1) is 12.6. The standard InChI is InChI=1S/C11H21NO3/c1-10(13)8-15-7-6-12-5-3-4-11(12)9-14-2/h11H,3-9H2,1-2H3/t11-/m0/s1. The molecule has 0 radical (unpaired) electrons. The number of hydrogen-bond acceptors (Lipinski definition) is 4. The Kier molecular flexibility index (Phi) is 5.83. The molecule has 0 amide bonds. The van der Waals surface area contributed by atoms with Crippen molar-refractivity contribution in [3.8, 4) is 0 Å². The molecule has 0 aromatic heterocycles. The van der Waals surface area contributed by atoms with E-state index in [1.165, 1.54) is 12.8 Å². The van der Waals surface area contributed by atoms with Crippen LogP contribution < -0.4 is 0 Å². The zero-order valence-corrected chi connectivity index (χ0v) is 9.70. The molecule has 0 aromatic rings. The van der Waals surface area contributed by atoms with Crippen LogP contribution >= 0.6 is 0 Å². The van der Waals surface area contributed by atoms with Crippen molar-refractivity contribution in [2.45, 2.75) is 25.8 Å². The Labute approximate surface area is 91.5 Å². The molecular weight excluding hydrogens is 194 g/mol. The summed E-state index contributed by atoms with van der Waals surface area (Å²) < 4.78 is 10.4. The van der Waals surface area contributed by atoms with Crippen LogP contribution in [0, 0.1) is 0 Å². The van der Waals surface area contributed by atoms with E-state index in [0.29, 0.717) is 12.6 Å². The van der Waals surface area contributed by atoms with Crippen molar-refractivity contribution in [1.29, 1.82) is 0 Å². The molecule has 1 fully saturated rings. The van der Waals surface area contributed by atoms with Gasteiger partial charge in [-0.05, 0) is 26.3 Å². The van der Waals surface area contributed by atoms with E-state index in [1.54, 1.807) is 14.0 Å². The summed E-state index contributed by atoms with van der Waals surface area (Å²) in [6.07, 6.45) is 2.45. The topological polar surface area (TPSA) is 38.8 Å². The van der Waals surface area contributed by atoms with E-state index < -0.39 is 0 Å². The Morgan fingerprint density at radius 1 is 1.53 bits per heavy atom. The summed E-state index contributed by atoms with van der Waals surface area (Å²) in [5.41, 5.74) is 0. The Morgan fingerprint density at radius 3 is 3.00 bits per heavy atom.